The summed E-state index contributed by atoms with van der Waals surface area (Å²) in [7, 11) is 0. The number of ether oxygens (including phenoxy) is 7. The first-order valence-corrected chi connectivity index (χ1v) is 14.6. The van der Waals surface area contributed by atoms with E-state index in [1.54, 1.807) is 36.4 Å². The molecule has 2 aromatic carbocycles. The summed E-state index contributed by atoms with van der Waals surface area (Å²) < 4.78 is 38.8. The van der Waals surface area contributed by atoms with Crippen LogP contribution in [0.25, 0.3) is 0 Å². The second-order valence-electron chi connectivity index (χ2n) is 11.0. The molecule has 0 aliphatic rings. The number of esters is 4. The third-order valence-corrected chi connectivity index (χ3v) is 6.12. The molecule has 0 heterocycles. The highest BCUT2D eigenvalue weighted by Gasteiger charge is 2.21. The van der Waals surface area contributed by atoms with E-state index in [0.717, 1.165) is 11.1 Å². The summed E-state index contributed by atoms with van der Waals surface area (Å²) in [5.41, 5.74) is 2.31. The Hall–Kier alpha value is -5.32. The summed E-state index contributed by atoms with van der Waals surface area (Å²) in [6.45, 7) is 23.3. The maximum atomic E-state index is 12.1. The van der Waals surface area contributed by atoms with Gasteiger partial charge in [-0.3, -0.25) is 0 Å². The first kappa shape index (κ1) is 37.9. The Morgan fingerprint density at radius 1 is 0.553 bits per heavy atom. The van der Waals surface area contributed by atoms with Crippen molar-refractivity contribution in [3.8, 4) is 23.0 Å². The number of rotatable bonds is 18. The minimum absolute atomic E-state index is 0.0756. The molecule has 0 aromatic heterocycles. The zero-order valence-corrected chi connectivity index (χ0v) is 27.8. The molecule has 0 amide bonds. The molecule has 2 aromatic rings. The fourth-order valence-electron chi connectivity index (χ4n) is 3.52. The molecule has 0 fully saturated rings. The number of hydrogen-bond donors (Lipinski definition) is 0. The Kier molecular flexibility index (Phi) is 14.5. The Labute approximate surface area is 275 Å². The van der Waals surface area contributed by atoms with Crippen molar-refractivity contribution in [2.45, 2.75) is 53.8 Å². The number of benzene rings is 2. The molecule has 11 heteroatoms. The van der Waals surface area contributed by atoms with E-state index in [0.29, 0.717) is 23.0 Å². The predicted molar refractivity (Wildman–Crippen MR) is 174 cm³/mol. The molecule has 2 rings (SSSR count). The molecular weight excluding hydrogens is 608 g/mol. The van der Waals surface area contributed by atoms with Crippen LogP contribution in [-0.2, 0) is 38.1 Å². The number of carbonyl (C=O) groups is 4. The first-order valence-electron chi connectivity index (χ1n) is 14.6. The van der Waals surface area contributed by atoms with E-state index < -0.39 is 36.1 Å². The van der Waals surface area contributed by atoms with Crippen LogP contribution in [0.4, 0.5) is 0 Å². The van der Waals surface area contributed by atoms with Crippen molar-refractivity contribution in [3.05, 3.63) is 96.1 Å². The lowest BCUT2D eigenvalue weighted by Gasteiger charge is -2.20. The van der Waals surface area contributed by atoms with Crippen molar-refractivity contribution in [1.82, 2.24) is 0 Å². The number of carbonyl (C=O) groups excluding carboxylic acids is 4. The second kappa shape index (κ2) is 18.0. The lowest BCUT2D eigenvalue weighted by molar-refractivity contribution is -0.155. The van der Waals surface area contributed by atoms with Gasteiger partial charge < -0.3 is 33.2 Å². The van der Waals surface area contributed by atoms with Crippen molar-refractivity contribution in [2.24, 2.45) is 0 Å². The van der Waals surface area contributed by atoms with Gasteiger partial charge in [0.1, 0.15) is 49.4 Å². The summed E-state index contributed by atoms with van der Waals surface area (Å²) in [4.78, 5) is 47.8. The Balaban J connectivity index is 2.05. The average molecular weight is 651 g/mol. The third-order valence-electron chi connectivity index (χ3n) is 6.12. The Morgan fingerprint density at radius 3 is 1.19 bits per heavy atom. The van der Waals surface area contributed by atoms with Gasteiger partial charge >= 0.3 is 23.9 Å². The van der Waals surface area contributed by atoms with Gasteiger partial charge in [-0.15, -0.1) is 0 Å². The van der Waals surface area contributed by atoms with Gasteiger partial charge in [-0.2, -0.15) is 0 Å². The summed E-state index contributed by atoms with van der Waals surface area (Å²) in [6.07, 6.45) is -1.75. The van der Waals surface area contributed by atoms with Gasteiger partial charge in [0.05, 0.1) is 0 Å². The van der Waals surface area contributed by atoms with E-state index in [2.05, 4.69) is 26.3 Å². The maximum Gasteiger partial charge on any atom is 0.333 e. The smallest absolute Gasteiger partial charge is 0.333 e. The van der Waals surface area contributed by atoms with Crippen LogP contribution in [0, 0.1) is 13.8 Å². The van der Waals surface area contributed by atoms with E-state index >= 15 is 0 Å². The highest BCUT2D eigenvalue weighted by Crippen LogP contribution is 2.30. The van der Waals surface area contributed by atoms with Crippen molar-refractivity contribution in [3.63, 3.8) is 0 Å². The topological polar surface area (TPSA) is 133 Å². The Morgan fingerprint density at radius 2 is 0.894 bits per heavy atom. The van der Waals surface area contributed by atoms with Crippen LogP contribution in [0.5, 0.6) is 23.0 Å². The molecule has 2 unspecified atom stereocenters. The minimum atomic E-state index is -0.874. The van der Waals surface area contributed by atoms with Crippen LogP contribution in [0.15, 0.2) is 85.0 Å². The molecular formula is C36H42O11. The van der Waals surface area contributed by atoms with Crippen LogP contribution < -0.4 is 14.2 Å². The zero-order valence-electron chi connectivity index (χ0n) is 27.8. The zero-order chi connectivity index (χ0) is 35.3. The standard InChI is InChI=1S/C36H42O11/c1-21(2)33(37)43-19-29(46-35(39)23(5)6)17-41-31-13-11-27(15-25(31)9)45-28-12-14-32(26(10)16-28)42-18-30(47-36(40)24(7)8)20-44-34(38)22(3)4/h11-16,29-30H,1,3,5,7,17-20H2,2,4,6,8-10H3. The van der Waals surface area contributed by atoms with Gasteiger partial charge in [-0.25, -0.2) is 19.2 Å². The van der Waals surface area contributed by atoms with E-state index in [1.165, 1.54) is 27.7 Å². The van der Waals surface area contributed by atoms with Crippen LogP contribution in [0.3, 0.4) is 0 Å². The number of aryl methyl sites for hydroxylation is 2. The lowest BCUT2D eigenvalue weighted by Crippen LogP contribution is -2.31. The Bertz CT molecular complexity index is 1420. The maximum absolute atomic E-state index is 12.1. The van der Waals surface area contributed by atoms with E-state index in [-0.39, 0.29) is 48.7 Å². The first-order chi connectivity index (χ1) is 22.1. The predicted octanol–water partition coefficient (Wildman–Crippen LogP) is 6.07. The summed E-state index contributed by atoms with van der Waals surface area (Å²) in [6, 6.07) is 10.4. The van der Waals surface area contributed by atoms with Crippen molar-refractivity contribution in [2.75, 3.05) is 26.4 Å². The second-order valence-corrected chi connectivity index (χ2v) is 11.0. The largest absolute Gasteiger partial charge is 0.489 e. The van der Waals surface area contributed by atoms with E-state index in [1.807, 2.05) is 13.8 Å². The molecule has 0 N–H and O–H groups in total. The molecule has 0 saturated heterocycles. The van der Waals surface area contributed by atoms with Crippen LogP contribution in [-0.4, -0.2) is 62.5 Å². The van der Waals surface area contributed by atoms with Gasteiger partial charge in [0.15, 0.2) is 12.2 Å². The molecule has 2 atom stereocenters. The van der Waals surface area contributed by atoms with Gasteiger partial charge in [0.2, 0.25) is 0 Å². The molecule has 252 valence electrons. The lowest BCUT2D eigenvalue weighted by atomic mass is 10.2. The summed E-state index contributed by atoms with van der Waals surface area (Å²) >= 11 is 0. The molecule has 0 saturated carbocycles. The molecule has 11 nitrogen and oxygen atoms in total. The van der Waals surface area contributed by atoms with Crippen LogP contribution in [0.2, 0.25) is 0 Å². The van der Waals surface area contributed by atoms with Gasteiger partial charge in [-0.05, 0) is 89.1 Å². The molecule has 0 spiro atoms. The van der Waals surface area contributed by atoms with Crippen molar-refractivity contribution >= 4 is 23.9 Å². The normalized spacial score (nSPS) is 11.6. The molecule has 0 aliphatic carbocycles. The molecule has 47 heavy (non-hydrogen) atoms. The monoisotopic (exact) mass is 650 g/mol. The van der Waals surface area contributed by atoms with E-state index in [9.17, 15) is 19.2 Å². The average Bonchev–Trinajstić information content (AvgIpc) is 3.00. The number of hydrogen-bond acceptors (Lipinski definition) is 11. The fraction of sp³-hybridized carbons (Fsp3) is 0.333. The third kappa shape index (κ3) is 12.9. The van der Waals surface area contributed by atoms with Crippen LogP contribution >= 0.6 is 0 Å². The SMILES string of the molecule is C=C(C)C(=O)OCC(COc1ccc(Oc2ccc(OCC(COC(=O)C(=C)C)OC(=O)C(=C)C)c(C)c2)cc1C)OC(=O)C(=C)C. The highest BCUT2D eigenvalue weighted by molar-refractivity contribution is 5.88. The minimum Gasteiger partial charge on any atom is -0.489 e. The fourth-order valence-corrected chi connectivity index (χ4v) is 3.52. The summed E-state index contributed by atoms with van der Waals surface area (Å²) in [5.74, 6) is -0.386. The van der Waals surface area contributed by atoms with Crippen molar-refractivity contribution < 1.29 is 52.3 Å². The van der Waals surface area contributed by atoms with Crippen molar-refractivity contribution in [1.29, 1.82) is 0 Å². The van der Waals surface area contributed by atoms with Gasteiger partial charge in [0, 0.05) is 22.3 Å². The molecule has 0 aliphatic heterocycles. The highest BCUT2D eigenvalue weighted by atomic mass is 16.6. The summed E-state index contributed by atoms with van der Waals surface area (Å²) in [5, 5.41) is 0. The van der Waals surface area contributed by atoms with Crippen LogP contribution in [0.1, 0.15) is 38.8 Å². The van der Waals surface area contributed by atoms with E-state index in [4.69, 9.17) is 33.2 Å². The molecule has 0 radical (unpaired) electrons. The van der Waals surface area contributed by atoms with Gasteiger partial charge in [0.25, 0.3) is 0 Å². The molecule has 0 bridgehead atoms. The quantitative estimate of drug-likeness (QED) is 0.106. The van der Waals surface area contributed by atoms with Gasteiger partial charge in [-0.1, -0.05) is 26.3 Å².